The SMILES string of the molecule is CC(C)=NOc1ccc(I)nn1. The van der Waals surface area contributed by atoms with E-state index in [4.69, 9.17) is 4.84 Å². The fraction of sp³-hybridized carbons (Fsp3) is 0.286. The molecule has 0 aliphatic carbocycles. The third-order valence-corrected chi connectivity index (χ3v) is 1.50. The van der Waals surface area contributed by atoms with Crippen molar-refractivity contribution in [1.82, 2.24) is 10.2 Å². The molecule has 12 heavy (non-hydrogen) atoms. The molecule has 0 aliphatic rings. The van der Waals surface area contributed by atoms with Crippen molar-refractivity contribution in [3.8, 4) is 5.88 Å². The van der Waals surface area contributed by atoms with Gasteiger partial charge in [-0.2, -0.15) is 0 Å². The Balaban J connectivity index is 2.65. The van der Waals surface area contributed by atoms with E-state index in [2.05, 4.69) is 37.9 Å². The lowest BCUT2D eigenvalue weighted by Gasteiger charge is -1.95. The minimum absolute atomic E-state index is 0.414. The zero-order valence-electron chi connectivity index (χ0n) is 6.78. The largest absolute Gasteiger partial charge is 0.335 e. The van der Waals surface area contributed by atoms with Crippen LogP contribution in [-0.2, 0) is 0 Å². The van der Waals surface area contributed by atoms with Crippen molar-refractivity contribution < 1.29 is 4.84 Å². The maximum absolute atomic E-state index is 4.93. The van der Waals surface area contributed by atoms with Gasteiger partial charge < -0.3 is 4.84 Å². The second-order valence-corrected chi connectivity index (χ2v) is 3.43. The Morgan fingerprint density at radius 1 is 1.42 bits per heavy atom. The van der Waals surface area contributed by atoms with Crippen LogP contribution in [0.1, 0.15) is 13.8 Å². The molecule has 0 unspecified atom stereocenters. The van der Waals surface area contributed by atoms with Crippen molar-refractivity contribution in [3.63, 3.8) is 0 Å². The van der Waals surface area contributed by atoms with Crippen LogP contribution in [0.4, 0.5) is 0 Å². The van der Waals surface area contributed by atoms with Gasteiger partial charge in [-0.3, -0.25) is 0 Å². The first-order chi connectivity index (χ1) is 5.68. The lowest BCUT2D eigenvalue weighted by Crippen LogP contribution is -1.93. The summed E-state index contributed by atoms with van der Waals surface area (Å²) in [5, 5.41) is 11.3. The zero-order chi connectivity index (χ0) is 8.97. The first-order valence-electron chi connectivity index (χ1n) is 3.36. The third kappa shape index (κ3) is 3.12. The van der Waals surface area contributed by atoms with Crippen LogP contribution in [0.3, 0.4) is 0 Å². The second-order valence-electron chi connectivity index (χ2n) is 2.32. The fourth-order valence-electron chi connectivity index (χ4n) is 0.491. The highest BCUT2D eigenvalue weighted by Crippen LogP contribution is 2.06. The van der Waals surface area contributed by atoms with Gasteiger partial charge in [0, 0.05) is 6.07 Å². The van der Waals surface area contributed by atoms with E-state index in [9.17, 15) is 0 Å². The average molecular weight is 277 g/mol. The van der Waals surface area contributed by atoms with E-state index in [1.807, 2.05) is 19.9 Å². The summed E-state index contributed by atoms with van der Waals surface area (Å²) in [6.45, 7) is 3.69. The minimum atomic E-state index is 0.414. The van der Waals surface area contributed by atoms with Crippen LogP contribution in [0, 0.1) is 3.70 Å². The Hall–Kier alpha value is -0.720. The summed E-state index contributed by atoms with van der Waals surface area (Å²) in [5.41, 5.74) is 0.843. The Kier molecular flexibility index (Phi) is 3.39. The molecule has 5 heteroatoms. The maximum Gasteiger partial charge on any atom is 0.267 e. The van der Waals surface area contributed by atoms with Gasteiger partial charge in [0.1, 0.15) is 3.70 Å². The molecule has 0 amide bonds. The number of hydrogen-bond acceptors (Lipinski definition) is 4. The quantitative estimate of drug-likeness (QED) is 0.471. The lowest BCUT2D eigenvalue weighted by molar-refractivity contribution is 0.322. The fourth-order valence-corrected chi connectivity index (χ4v) is 0.778. The number of hydrogen-bond donors (Lipinski definition) is 0. The van der Waals surface area contributed by atoms with E-state index in [0.717, 1.165) is 9.41 Å². The normalized spacial score (nSPS) is 9.25. The molecule has 0 spiro atoms. The average Bonchev–Trinajstić information content (AvgIpc) is 2.03. The molecule has 0 radical (unpaired) electrons. The zero-order valence-corrected chi connectivity index (χ0v) is 8.94. The van der Waals surface area contributed by atoms with Crippen molar-refractivity contribution in [1.29, 1.82) is 0 Å². The maximum atomic E-state index is 4.93. The van der Waals surface area contributed by atoms with Gasteiger partial charge in [0.15, 0.2) is 0 Å². The third-order valence-electron chi connectivity index (χ3n) is 0.929. The van der Waals surface area contributed by atoms with E-state index in [-0.39, 0.29) is 0 Å². The highest BCUT2D eigenvalue weighted by atomic mass is 127. The highest BCUT2D eigenvalue weighted by Gasteiger charge is 1.94. The summed E-state index contributed by atoms with van der Waals surface area (Å²) in [6, 6.07) is 3.53. The molecule has 1 aromatic heterocycles. The molecule has 0 atom stereocenters. The number of halogens is 1. The van der Waals surface area contributed by atoms with Gasteiger partial charge in [0.25, 0.3) is 5.88 Å². The molecular weight excluding hydrogens is 269 g/mol. The molecular formula is C7H8IN3O. The number of aromatic nitrogens is 2. The summed E-state index contributed by atoms with van der Waals surface area (Å²) in [7, 11) is 0. The molecule has 1 heterocycles. The summed E-state index contributed by atoms with van der Waals surface area (Å²) in [4.78, 5) is 4.93. The van der Waals surface area contributed by atoms with Crippen LogP contribution in [0.5, 0.6) is 5.88 Å². The molecule has 1 aromatic rings. The topological polar surface area (TPSA) is 47.4 Å². The molecule has 0 N–H and O–H groups in total. The number of rotatable bonds is 2. The van der Waals surface area contributed by atoms with Gasteiger partial charge in [-0.1, -0.05) is 5.16 Å². The molecule has 0 saturated carbocycles. The van der Waals surface area contributed by atoms with Gasteiger partial charge in [0.05, 0.1) is 5.71 Å². The molecule has 0 aromatic carbocycles. The Morgan fingerprint density at radius 3 is 2.67 bits per heavy atom. The van der Waals surface area contributed by atoms with Gasteiger partial charge in [-0.05, 0) is 42.5 Å². The van der Waals surface area contributed by atoms with Crippen molar-refractivity contribution in [2.24, 2.45) is 5.16 Å². The summed E-state index contributed by atoms with van der Waals surface area (Å²) in [6.07, 6.45) is 0. The van der Waals surface area contributed by atoms with Crippen molar-refractivity contribution in [2.75, 3.05) is 0 Å². The Labute approximate surface area is 84.2 Å². The first-order valence-corrected chi connectivity index (χ1v) is 4.44. The first kappa shape index (κ1) is 9.37. The van der Waals surface area contributed by atoms with Gasteiger partial charge in [0.2, 0.25) is 0 Å². The number of nitrogens with zero attached hydrogens (tertiary/aromatic N) is 3. The Morgan fingerprint density at radius 2 is 2.17 bits per heavy atom. The number of oxime groups is 1. The van der Waals surface area contributed by atoms with Crippen LogP contribution in [0.25, 0.3) is 0 Å². The highest BCUT2D eigenvalue weighted by molar-refractivity contribution is 14.1. The van der Waals surface area contributed by atoms with Crippen LogP contribution in [-0.4, -0.2) is 15.9 Å². The van der Waals surface area contributed by atoms with Gasteiger partial charge in [-0.25, -0.2) is 0 Å². The van der Waals surface area contributed by atoms with Crippen LogP contribution >= 0.6 is 22.6 Å². The molecule has 0 aliphatic heterocycles. The van der Waals surface area contributed by atoms with Gasteiger partial charge in [-0.15, -0.1) is 10.2 Å². The van der Waals surface area contributed by atoms with E-state index in [1.54, 1.807) is 6.07 Å². The molecule has 0 saturated heterocycles. The lowest BCUT2D eigenvalue weighted by atomic mass is 10.5. The minimum Gasteiger partial charge on any atom is -0.335 e. The van der Waals surface area contributed by atoms with E-state index >= 15 is 0 Å². The van der Waals surface area contributed by atoms with Crippen LogP contribution in [0.15, 0.2) is 17.3 Å². The standard InChI is InChI=1S/C7H8IN3O/c1-5(2)11-12-7-4-3-6(8)9-10-7/h3-4H,1-2H3. The molecule has 0 bridgehead atoms. The van der Waals surface area contributed by atoms with Crippen molar-refractivity contribution in [2.45, 2.75) is 13.8 Å². The van der Waals surface area contributed by atoms with Crippen LogP contribution < -0.4 is 4.84 Å². The summed E-state index contributed by atoms with van der Waals surface area (Å²) in [5.74, 6) is 0.414. The van der Waals surface area contributed by atoms with E-state index in [0.29, 0.717) is 5.88 Å². The van der Waals surface area contributed by atoms with E-state index in [1.165, 1.54) is 0 Å². The van der Waals surface area contributed by atoms with Crippen LogP contribution in [0.2, 0.25) is 0 Å². The molecule has 0 fully saturated rings. The predicted octanol–water partition coefficient (Wildman–Crippen LogP) is 1.86. The van der Waals surface area contributed by atoms with E-state index < -0.39 is 0 Å². The Bertz CT molecular complexity index is 279. The summed E-state index contributed by atoms with van der Waals surface area (Å²) >= 11 is 2.07. The van der Waals surface area contributed by atoms with Crippen molar-refractivity contribution >= 4 is 28.3 Å². The monoisotopic (exact) mass is 277 g/mol. The molecule has 4 nitrogen and oxygen atoms in total. The second kappa shape index (κ2) is 4.34. The molecule has 1 rings (SSSR count). The smallest absolute Gasteiger partial charge is 0.267 e. The van der Waals surface area contributed by atoms with Gasteiger partial charge >= 0.3 is 0 Å². The van der Waals surface area contributed by atoms with Crippen molar-refractivity contribution in [3.05, 3.63) is 15.8 Å². The predicted molar refractivity (Wildman–Crippen MR) is 54.2 cm³/mol. The molecule has 64 valence electrons. The summed E-state index contributed by atoms with van der Waals surface area (Å²) < 4.78 is 0.831.